The van der Waals surface area contributed by atoms with E-state index >= 15 is 0 Å². The average Bonchev–Trinajstić information content (AvgIpc) is 2.95. The van der Waals surface area contributed by atoms with Crippen LogP contribution in [-0.2, 0) is 26.2 Å². The molecular weight excluding hydrogens is 468 g/mol. The first-order valence-corrected chi connectivity index (χ1v) is 12.8. The van der Waals surface area contributed by atoms with Gasteiger partial charge in [-0.3, -0.25) is 29.7 Å². The molecule has 5 rings (SSSR count). The van der Waals surface area contributed by atoms with Gasteiger partial charge in [0.1, 0.15) is 0 Å². The van der Waals surface area contributed by atoms with Crippen LogP contribution in [0.3, 0.4) is 0 Å². The number of aromatic nitrogens is 4. The molecule has 0 aliphatic rings. The zero-order chi connectivity index (χ0) is 26.2. The third-order valence-electron chi connectivity index (χ3n) is 6.41. The summed E-state index contributed by atoms with van der Waals surface area (Å²) in [6.07, 6.45) is 7.47. The Morgan fingerprint density at radius 1 is 0.474 bits per heavy atom. The molecule has 5 aromatic rings. The van der Waals surface area contributed by atoms with E-state index in [0.717, 1.165) is 47.0 Å². The quantitative estimate of drug-likeness (QED) is 0.239. The van der Waals surface area contributed by atoms with Crippen LogP contribution >= 0.6 is 0 Å². The minimum Gasteiger partial charge on any atom is -0.295 e. The van der Waals surface area contributed by atoms with Gasteiger partial charge in [-0.15, -0.1) is 0 Å². The predicted molar refractivity (Wildman–Crippen MR) is 152 cm³/mol. The molecule has 0 aliphatic carbocycles. The molecule has 0 saturated carbocycles. The van der Waals surface area contributed by atoms with Gasteiger partial charge in [-0.1, -0.05) is 72.8 Å². The maximum absolute atomic E-state index is 4.70. The van der Waals surface area contributed by atoms with Gasteiger partial charge < -0.3 is 0 Å². The van der Waals surface area contributed by atoms with Crippen LogP contribution in [-0.4, -0.2) is 43.8 Å². The number of hydrogen-bond donors (Lipinski definition) is 0. The summed E-state index contributed by atoms with van der Waals surface area (Å²) in [6.45, 7) is 2.85. The molecule has 2 aromatic carbocycles. The van der Waals surface area contributed by atoms with Gasteiger partial charge in [0.05, 0.1) is 35.2 Å². The maximum atomic E-state index is 4.70. The van der Waals surface area contributed by atoms with E-state index in [9.17, 15) is 0 Å². The predicted octanol–water partition coefficient (Wildman–Crippen LogP) is 5.86. The fourth-order valence-corrected chi connectivity index (χ4v) is 4.61. The first kappa shape index (κ1) is 25.4. The van der Waals surface area contributed by atoms with Crippen LogP contribution in [0.1, 0.15) is 22.8 Å². The second kappa shape index (κ2) is 12.3. The molecule has 190 valence electrons. The Hall–Kier alpha value is -4.26. The summed E-state index contributed by atoms with van der Waals surface area (Å²) in [4.78, 5) is 23.1. The minimum atomic E-state index is 0.697. The molecule has 3 heterocycles. The molecule has 0 saturated heterocycles. The molecule has 0 bridgehead atoms. The van der Waals surface area contributed by atoms with Gasteiger partial charge in [0.2, 0.25) is 0 Å². The molecule has 0 fully saturated rings. The van der Waals surface area contributed by atoms with E-state index in [0.29, 0.717) is 13.1 Å². The Labute approximate surface area is 224 Å². The van der Waals surface area contributed by atoms with Crippen LogP contribution in [0.15, 0.2) is 110 Å². The van der Waals surface area contributed by atoms with Gasteiger partial charge in [0.15, 0.2) is 0 Å². The standard InChI is InChI=1S/C32H32N6/c1-37(23-31-29(15-9-17-33-31)25-11-5-3-6-12-25)21-27-19-36-28(20-35-27)22-38(2)24-32-30(16-10-18-34-32)26-13-7-4-8-14-26/h3-20H,21-24H2,1-2H3. The summed E-state index contributed by atoms with van der Waals surface area (Å²) in [6, 6.07) is 29.0. The minimum absolute atomic E-state index is 0.697. The van der Waals surface area contributed by atoms with Crippen LogP contribution in [0, 0.1) is 0 Å². The topological polar surface area (TPSA) is 58.0 Å². The summed E-state index contributed by atoms with van der Waals surface area (Å²) in [5.41, 5.74) is 8.66. The fourth-order valence-electron chi connectivity index (χ4n) is 4.61. The number of nitrogens with zero attached hydrogens (tertiary/aromatic N) is 6. The van der Waals surface area contributed by atoms with E-state index in [1.165, 1.54) is 11.1 Å². The Bertz CT molecular complexity index is 1330. The highest BCUT2D eigenvalue weighted by atomic mass is 15.1. The molecular formula is C32H32N6. The highest BCUT2D eigenvalue weighted by molar-refractivity contribution is 5.66. The maximum Gasteiger partial charge on any atom is 0.0727 e. The lowest BCUT2D eigenvalue weighted by Crippen LogP contribution is -2.21. The van der Waals surface area contributed by atoms with Crippen molar-refractivity contribution in [2.75, 3.05) is 14.1 Å². The molecule has 0 atom stereocenters. The monoisotopic (exact) mass is 500 g/mol. The first-order valence-electron chi connectivity index (χ1n) is 12.8. The third-order valence-corrected chi connectivity index (χ3v) is 6.41. The smallest absolute Gasteiger partial charge is 0.0727 e. The van der Waals surface area contributed by atoms with Crippen molar-refractivity contribution in [3.8, 4) is 22.3 Å². The molecule has 3 aromatic heterocycles. The Morgan fingerprint density at radius 2 is 0.895 bits per heavy atom. The Balaban J connectivity index is 1.19. The van der Waals surface area contributed by atoms with E-state index in [-0.39, 0.29) is 0 Å². The zero-order valence-electron chi connectivity index (χ0n) is 21.9. The van der Waals surface area contributed by atoms with Crippen molar-refractivity contribution in [3.63, 3.8) is 0 Å². The van der Waals surface area contributed by atoms with E-state index in [1.54, 1.807) is 0 Å². The molecule has 0 spiro atoms. The fraction of sp³-hybridized carbons (Fsp3) is 0.188. The van der Waals surface area contributed by atoms with Gasteiger partial charge in [0, 0.05) is 49.7 Å². The van der Waals surface area contributed by atoms with Crippen molar-refractivity contribution >= 4 is 0 Å². The highest BCUT2D eigenvalue weighted by Gasteiger charge is 2.12. The van der Waals surface area contributed by atoms with Gasteiger partial charge in [-0.25, -0.2) is 0 Å². The summed E-state index contributed by atoms with van der Waals surface area (Å²) >= 11 is 0. The SMILES string of the molecule is CN(Cc1cnc(CN(C)Cc2ncccc2-c2ccccc2)cn1)Cc1ncccc1-c1ccccc1. The molecule has 6 nitrogen and oxygen atoms in total. The van der Waals surface area contributed by atoms with E-state index in [2.05, 4.69) is 94.5 Å². The summed E-state index contributed by atoms with van der Waals surface area (Å²) in [5.74, 6) is 0. The van der Waals surface area contributed by atoms with Crippen molar-refractivity contribution in [2.45, 2.75) is 26.2 Å². The van der Waals surface area contributed by atoms with Crippen LogP contribution in [0.25, 0.3) is 22.3 Å². The van der Waals surface area contributed by atoms with Gasteiger partial charge >= 0.3 is 0 Å². The molecule has 0 unspecified atom stereocenters. The van der Waals surface area contributed by atoms with E-state index in [1.807, 2.05) is 49.1 Å². The molecule has 0 N–H and O–H groups in total. The number of pyridine rings is 2. The zero-order valence-corrected chi connectivity index (χ0v) is 21.9. The van der Waals surface area contributed by atoms with Crippen molar-refractivity contribution in [2.24, 2.45) is 0 Å². The number of benzene rings is 2. The molecule has 6 heteroatoms. The van der Waals surface area contributed by atoms with Crippen molar-refractivity contribution in [1.29, 1.82) is 0 Å². The van der Waals surface area contributed by atoms with Crippen LogP contribution in [0.4, 0.5) is 0 Å². The van der Waals surface area contributed by atoms with E-state index < -0.39 is 0 Å². The second-order valence-corrected chi connectivity index (χ2v) is 9.57. The number of rotatable bonds is 10. The summed E-state index contributed by atoms with van der Waals surface area (Å²) in [5, 5.41) is 0. The highest BCUT2D eigenvalue weighted by Crippen LogP contribution is 2.24. The Kier molecular flexibility index (Phi) is 8.23. The lowest BCUT2D eigenvalue weighted by atomic mass is 10.0. The van der Waals surface area contributed by atoms with Crippen LogP contribution < -0.4 is 0 Å². The summed E-state index contributed by atoms with van der Waals surface area (Å²) in [7, 11) is 4.17. The van der Waals surface area contributed by atoms with Gasteiger partial charge in [-0.05, 0) is 37.4 Å². The average molecular weight is 501 g/mol. The number of hydrogen-bond acceptors (Lipinski definition) is 6. The van der Waals surface area contributed by atoms with Gasteiger partial charge in [0.25, 0.3) is 0 Å². The lowest BCUT2D eigenvalue weighted by molar-refractivity contribution is 0.306. The van der Waals surface area contributed by atoms with Crippen molar-refractivity contribution < 1.29 is 0 Å². The largest absolute Gasteiger partial charge is 0.295 e. The normalized spacial score (nSPS) is 11.3. The van der Waals surface area contributed by atoms with Crippen molar-refractivity contribution in [3.05, 3.63) is 132 Å². The lowest BCUT2D eigenvalue weighted by Gasteiger charge is -2.19. The molecule has 0 amide bonds. The van der Waals surface area contributed by atoms with Crippen molar-refractivity contribution in [1.82, 2.24) is 29.7 Å². The molecule has 0 aliphatic heterocycles. The van der Waals surface area contributed by atoms with Gasteiger partial charge in [-0.2, -0.15) is 0 Å². The molecule has 38 heavy (non-hydrogen) atoms. The van der Waals surface area contributed by atoms with Crippen LogP contribution in [0.2, 0.25) is 0 Å². The Morgan fingerprint density at radius 3 is 1.29 bits per heavy atom. The molecule has 0 radical (unpaired) electrons. The van der Waals surface area contributed by atoms with E-state index in [4.69, 9.17) is 9.97 Å². The third kappa shape index (κ3) is 6.54. The summed E-state index contributed by atoms with van der Waals surface area (Å²) < 4.78 is 0. The second-order valence-electron chi connectivity index (χ2n) is 9.57. The van der Waals surface area contributed by atoms with Crippen LogP contribution in [0.5, 0.6) is 0 Å². The first-order chi connectivity index (χ1) is 18.7.